The lowest BCUT2D eigenvalue weighted by Gasteiger charge is -2.07. The second-order valence-electron chi connectivity index (χ2n) is 4.87. The van der Waals surface area contributed by atoms with Crippen LogP contribution in [0.3, 0.4) is 0 Å². The molecule has 1 atom stereocenters. The highest BCUT2D eigenvalue weighted by atomic mass is 32.2. The van der Waals surface area contributed by atoms with Crippen molar-refractivity contribution in [3.8, 4) is 0 Å². The highest BCUT2D eigenvalue weighted by molar-refractivity contribution is 7.99. The summed E-state index contributed by atoms with van der Waals surface area (Å²) in [6.45, 7) is 13.7. The van der Waals surface area contributed by atoms with Crippen LogP contribution in [0.25, 0.3) is 0 Å². The number of thioether (sulfide) groups is 2. The zero-order valence-corrected chi connectivity index (χ0v) is 13.8. The third kappa shape index (κ3) is 16.6. The molecule has 4 heteroatoms. The second kappa shape index (κ2) is 14.0. The van der Waals surface area contributed by atoms with E-state index in [1.54, 1.807) is 0 Å². The van der Waals surface area contributed by atoms with Gasteiger partial charge in [-0.15, -0.1) is 0 Å². The van der Waals surface area contributed by atoms with Crippen molar-refractivity contribution < 1.29 is 9.47 Å². The van der Waals surface area contributed by atoms with Gasteiger partial charge in [-0.25, -0.2) is 0 Å². The summed E-state index contributed by atoms with van der Waals surface area (Å²) in [6.07, 6.45) is 0. The Labute approximate surface area is 122 Å². The van der Waals surface area contributed by atoms with E-state index in [9.17, 15) is 0 Å². The van der Waals surface area contributed by atoms with E-state index in [-0.39, 0.29) is 0 Å². The third-order valence-corrected chi connectivity index (χ3v) is 4.59. The molecule has 0 fully saturated rings. The quantitative estimate of drug-likeness (QED) is 0.483. The number of hydrogen-bond acceptors (Lipinski definition) is 4. The SMILES string of the molecule is [CH2]C(C)CSCCOCCOCCSCC(C)C. The molecule has 18 heavy (non-hydrogen) atoms. The summed E-state index contributed by atoms with van der Waals surface area (Å²) in [4.78, 5) is 0. The molecule has 109 valence electrons. The van der Waals surface area contributed by atoms with Gasteiger partial charge in [0, 0.05) is 11.5 Å². The van der Waals surface area contributed by atoms with Crippen molar-refractivity contribution in [2.75, 3.05) is 49.4 Å². The van der Waals surface area contributed by atoms with Gasteiger partial charge in [0.25, 0.3) is 0 Å². The molecule has 0 saturated carbocycles. The fourth-order valence-electron chi connectivity index (χ4n) is 1.16. The minimum Gasteiger partial charge on any atom is -0.378 e. The van der Waals surface area contributed by atoms with Crippen molar-refractivity contribution in [3.05, 3.63) is 6.92 Å². The molecule has 0 rings (SSSR count). The van der Waals surface area contributed by atoms with Gasteiger partial charge in [0.2, 0.25) is 0 Å². The molecule has 0 aliphatic rings. The molecule has 0 aromatic carbocycles. The van der Waals surface area contributed by atoms with Crippen molar-refractivity contribution >= 4 is 23.5 Å². The molecule has 0 saturated heterocycles. The van der Waals surface area contributed by atoms with E-state index in [4.69, 9.17) is 9.47 Å². The van der Waals surface area contributed by atoms with Gasteiger partial charge in [0.1, 0.15) is 0 Å². The van der Waals surface area contributed by atoms with Crippen LogP contribution < -0.4 is 0 Å². The van der Waals surface area contributed by atoms with Crippen LogP contribution in [0.1, 0.15) is 20.8 Å². The molecular weight excluding hydrogens is 264 g/mol. The summed E-state index contributed by atoms with van der Waals surface area (Å²) in [5.41, 5.74) is 0. The van der Waals surface area contributed by atoms with Crippen LogP contribution in [0.5, 0.6) is 0 Å². The molecule has 0 aromatic heterocycles. The molecule has 0 aliphatic heterocycles. The monoisotopic (exact) mass is 293 g/mol. The van der Waals surface area contributed by atoms with Gasteiger partial charge >= 0.3 is 0 Å². The van der Waals surface area contributed by atoms with E-state index in [0.29, 0.717) is 5.92 Å². The maximum atomic E-state index is 5.50. The minimum absolute atomic E-state index is 0.529. The van der Waals surface area contributed by atoms with Crippen LogP contribution in [0, 0.1) is 18.8 Å². The lowest BCUT2D eigenvalue weighted by atomic mass is 10.3. The van der Waals surface area contributed by atoms with Gasteiger partial charge in [-0.1, -0.05) is 20.8 Å². The summed E-state index contributed by atoms with van der Waals surface area (Å²) in [6, 6.07) is 0. The van der Waals surface area contributed by atoms with E-state index in [1.807, 2.05) is 23.5 Å². The third-order valence-electron chi connectivity index (χ3n) is 1.97. The first-order chi connectivity index (χ1) is 8.63. The van der Waals surface area contributed by atoms with Crippen molar-refractivity contribution in [1.29, 1.82) is 0 Å². The highest BCUT2D eigenvalue weighted by Gasteiger charge is 1.96. The maximum absolute atomic E-state index is 5.50. The van der Waals surface area contributed by atoms with Gasteiger partial charge in [0.15, 0.2) is 0 Å². The Kier molecular flexibility index (Phi) is 14.5. The first-order valence-electron chi connectivity index (χ1n) is 6.77. The lowest BCUT2D eigenvalue weighted by molar-refractivity contribution is 0.0605. The van der Waals surface area contributed by atoms with E-state index in [0.717, 1.165) is 49.6 Å². The summed E-state index contributed by atoms with van der Waals surface area (Å²) < 4.78 is 11.0. The van der Waals surface area contributed by atoms with E-state index in [2.05, 4.69) is 27.7 Å². The first-order valence-corrected chi connectivity index (χ1v) is 9.08. The summed E-state index contributed by atoms with van der Waals surface area (Å²) >= 11 is 3.87. The average molecular weight is 294 g/mol. The Morgan fingerprint density at radius 2 is 1.33 bits per heavy atom. The lowest BCUT2D eigenvalue weighted by Crippen LogP contribution is -2.09. The average Bonchev–Trinajstić information content (AvgIpc) is 2.29. The van der Waals surface area contributed by atoms with E-state index >= 15 is 0 Å². The summed E-state index contributed by atoms with van der Waals surface area (Å²) in [5, 5.41) is 0. The van der Waals surface area contributed by atoms with E-state index in [1.165, 1.54) is 5.75 Å². The van der Waals surface area contributed by atoms with Gasteiger partial charge in [0.05, 0.1) is 26.4 Å². The molecule has 0 aliphatic carbocycles. The number of ether oxygens (including phenoxy) is 2. The van der Waals surface area contributed by atoms with Crippen molar-refractivity contribution in [2.45, 2.75) is 20.8 Å². The van der Waals surface area contributed by atoms with Crippen LogP contribution in [-0.4, -0.2) is 49.4 Å². The normalized spacial score (nSPS) is 11.7. The van der Waals surface area contributed by atoms with Crippen molar-refractivity contribution in [1.82, 2.24) is 0 Å². The minimum atomic E-state index is 0.529. The number of rotatable bonds is 13. The molecule has 0 aromatic rings. The van der Waals surface area contributed by atoms with Crippen molar-refractivity contribution in [3.63, 3.8) is 0 Å². The summed E-state index contributed by atoms with van der Waals surface area (Å²) in [5.74, 6) is 5.80. The maximum Gasteiger partial charge on any atom is 0.0700 e. The Morgan fingerprint density at radius 3 is 1.78 bits per heavy atom. The first kappa shape index (κ1) is 18.6. The Hall–Kier alpha value is 0.620. The van der Waals surface area contributed by atoms with E-state index < -0.39 is 0 Å². The van der Waals surface area contributed by atoms with Crippen LogP contribution in [0.4, 0.5) is 0 Å². The van der Waals surface area contributed by atoms with Crippen LogP contribution in [-0.2, 0) is 9.47 Å². The van der Waals surface area contributed by atoms with Crippen molar-refractivity contribution in [2.24, 2.45) is 11.8 Å². The molecular formula is C14H29O2S2. The zero-order chi connectivity index (χ0) is 13.6. The predicted octanol–water partition coefficient (Wildman–Crippen LogP) is 3.61. The summed E-state index contributed by atoms with van der Waals surface area (Å²) in [7, 11) is 0. The smallest absolute Gasteiger partial charge is 0.0700 e. The van der Waals surface area contributed by atoms with Crippen LogP contribution in [0.15, 0.2) is 0 Å². The molecule has 0 heterocycles. The van der Waals surface area contributed by atoms with Crippen LogP contribution in [0.2, 0.25) is 0 Å². The standard InChI is InChI=1S/C14H29O2S2/c1-13(2)11-17-9-7-15-5-6-16-8-10-18-12-14(3)4/h13-14H,1,5-12H2,2-4H3. The van der Waals surface area contributed by atoms with Gasteiger partial charge < -0.3 is 9.47 Å². The predicted molar refractivity (Wildman–Crippen MR) is 85.6 cm³/mol. The Balaban J connectivity index is 2.95. The fraction of sp³-hybridized carbons (Fsp3) is 0.929. The largest absolute Gasteiger partial charge is 0.378 e. The van der Waals surface area contributed by atoms with Crippen LogP contribution >= 0.6 is 23.5 Å². The zero-order valence-electron chi connectivity index (χ0n) is 12.2. The Morgan fingerprint density at radius 1 is 0.833 bits per heavy atom. The van der Waals surface area contributed by atoms with Gasteiger partial charge in [-0.2, -0.15) is 23.5 Å². The second-order valence-corrected chi connectivity index (χ2v) is 7.17. The fourth-order valence-corrected chi connectivity index (χ4v) is 2.84. The van der Waals surface area contributed by atoms with Gasteiger partial charge in [-0.05, 0) is 30.3 Å². The number of hydrogen-bond donors (Lipinski definition) is 0. The molecule has 0 N–H and O–H groups in total. The van der Waals surface area contributed by atoms with Gasteiger partial charge in [-0.3, -0.25) is 0 Å². The molecule has 1 radical (unpaired) electrons. The molecule has 0 spiro atoms. The molecule has 0 amide bonds. The molecule has 1 unspecified atom stereocenters. The molecule has 0 bridgehead atoms. The topological polar surface area (TPSA) is 18.5 Å². The molecule has 2 nitrogen and oxygen atoms in total. The Bertz CT molecular complexity index is 146. The highest BCUT2D eigenvalue weighted by Crippen LogP contribution is 2.07.